The Balaban J connectivity index is 3.16. The second kappa shape index (κ2) is 9.11. The molecule has 4 atom stereocenters. The molecule has 1 aliphatic carbocycles. The van der Waals surface area contributed by atoms with Crippen molar-refractivity contribution in [3.8, 4) is 0 Å². The van der Waals surface area contributed by atoms with E-state index in [9.17, 15) is 13.9 Å². The summed E-state index contributed by atoms with van der Waals surface area (Å²) in [5.74, 6) is -0.387. The molecule has 1 aliphatic rings. The number of guanidine groups is 1. The molecule has 0 spiro atoms. The van der Waals surface area contributed by atoms with Crippen LogP contribution in [0.15, 0.2) is 16.0 Å². The summed E-state index contributed by atoms with van der Waals surface area (Å²) in [5, 5.41) is 2.79. The lowest BCUT2D eigenvalue weighted by atomic mass is 9.93. The van der Waals surface area contributed by atoms with Gasteiger partial charge in [0.05, 0.1) is 18.2 Å². The van der Waals surface area contributed by atoms with Gasteiger partial charge in [-0.2, -0.15) is 4.55 Å². The Labute approximate surface area is 139 Å². The summed E-state index contributed by atoms with van der Waals surface area (Å²) >= 11 is -2.14. The van der Waals surface area contributed by atoms with Crippen LogP contribution in [0.5, 0.6) is 0 Å². The van der Waals surface area contributed by atoms with Crippen molar-refractivity contribution in [1.82, 2.24) is 5.32 Å². The van der Waals surface area contributed by atoms with Crippen LogP contribution < -0.4 is 16.8 Å². The number of nitrogens with zero attached hydrogens (tertiary/aromatic N) is 1. The minimum atomic E-state index is -2.14. The van der Waals surface area contributed by atoms with E-state index in [1.165, 1.54) is 6.92 Å². The molecule has 0 aromatic carbocycles. The molecular weight excluding hydrogens is 320 g/mol. The molecule has 8 nitrogen and oxygen atoms in total. The molecule has 0 radical (unpaired) electrons. The van der Waals surface area contributed by atoms with Gasteiger partial charge in [-0.1, -0.05) is 13.8 Å². The van der Waals surface area contributed by atoms with Crippen LogP contribution in [-0.2, 0) is 21.0 Å². The van der Waals surface area contributed by atoms with Gasteiger partial charge in [0.2, 0.25) is 5.91 Å². The number of aliphatic imine (C=N–C) groups is 1. The zero-order valence-corrected chi connectivity index (χ0v) is 14.5. The standard InChI is InChI=1S/C14H26N4O4S/c1-4-9(5-2)22-12-7-10(23(20)21)6-11(18-14(15)16)13(12)17-8(3)19/h7,9,11-13H,4-6H2,1-3H3,(H,17,19)(H,20,21)(H4,15,16,18)/t11-,12+,13+/m0/s1. The lowest BCUT2D eigenvalue weighted by Crippen LogP contribution is -2.54. The molecule has 1 rings (SSSR count). The molecule has 0 heterocycles. The Kier molecular flexibility index (Phi) is 7.83. The van der Waals surface area contributed by atoms with E-state index < -0.39 is 29.6 Å². The number of hydrogen-bond donors (Lipinski definition) is 4. The summed E-state index contributed by atoms with van der Waals surface area (Å²) < 4.78 is 26.9. The van der Waals surface area contributed by atoms with Crippen LogP contribution in [0.4, 0.5) is 0 Å². The zero-order valence-electron chi connectivity index (χ0n) is 13.7. The minimum absolute atomic E-state index is 0.0289. The highest BCUT2D eigenvalue weighted by Gasteiger charge is 2.39. The van der Waals surface area contributed by atoms with E-state index in [1.807, 2.05) is 13.8 Å². The van der Waals surface area contributed by atoms with Crippen molar-refractivity contribution >= 4 is 23.3 Å². The molecule has 23 heavy (non-hydrogen) atoms. The Morgan fingerprint density at radius 3 is 2.61 bits per heavy atom. The number of hydrogen-bond acceptors (Lipinski definition) is 5. The van der Waals surface area contributed by atoms with E-state index in [-0.39, 0.29) is 29.3 Å². The minimum Gasteiger partial charge on any atom is -0.581 e. The number of ether oxygens (including phenoxy) is 1. The van der Waals surface area contributed by atoms with Gasteiger partial charge in [-0.05, 0) is 12.8 Å². The monoisotopic (exact) mass is 346 g/mol. The third kappa shape index (κ3) is 6.02. The van der Waals surface area contributed by atoms with Gasteiger partial charge in [0, 0.05) is 19.4 Å². The summed E-state index contributed by atoms with van der Waals surface area (Å²) in [7, 11) is 0. The first-order chi connectivity index (χ1) is 10.8. The van der Waals surface area contributed by atoms with Gasteiger partial charge in [-0.15, -0.1) is 0 Å². The highest BCUT2D eigenvalue weighted by atomic mass is 32.2. The normalized spacial score (nSPS) is 25.7. The van der Waals surface area contributed by atoms with Crippen LogP contribution in [0.2, 0.25) is 0 Å². The summed E-state index contributed by atoms with van der Waals surface area (Å²) in [6, 6.07) is -1.05. The number of carbonyl (C=O) groups is 1. The van der Waals surface area contributed by atoms with Gasteiger partial charge in [-0.3, -0.25) is 4.79 Å². The number of nitrogens with two attached hydrogens (primary N) is 2. The number of nitrogens with one attached hydrogen (secondary N) is 1. The average Bonchev–Trinajstić information content (AvgIpc) is 2.46. The molecule has 6 N–H and O–H groups in total. The van der Waals surface area contributed by atoms with Crippen LogP contribution in [0, 0.1) is 0 Å². The number of amides is 1. The molecule has 0 aromatic heterocycles. The van der Waals surface area contributed by atoms with E-state index in [1.54, 1.807) is 6.08 Å². The first kappa shape index (κ1) is 19.8. The fourth-order valence-corrected chi connectivity index (χ4v) is 3.16. The predicted octanol–water partition coefficient (Wildman–Crippen LogP) is 0.216. The molecule has 132 valence electrons. The van der Waals surface area contributed by atoms with Crippen LogP contribution >= 0.6 is 0 Å². The van der Waals surface area contributed by atoms with Crippen molar-refractivity contribution in [2.45, 2.75) is 64.3 Å². The van der Waals surface area contributed by atoms with Crippen molar-refractivity contribution in [2.75, 3.05) is 0 Å². The Morgan fingerprint density at radius 1 is 1.57 bits per heavy atom. The SMILES string of the molecule is CCC(CC)O[C@@H]1C=C([S+]([O-])O)C[C@H](N=C(N)N)[C@H]1NC(C)=O. The molecule has 0 saturated carbocycles. The van der Waals surface area contributed by atoms with Crippen LogP contribution in [0.1, 0.15) is 40.0 Å². The lowest BCUT2D eigenvalue weighted by molar-refractivity contribution is -0.121. The number of carbonyl (C=O) groups excluding carboxylic acids is 1. The maximum atomic E-state index is 11.5. The third-order valence-electron chi connectivity index (χ3n) is 3.70. The Morgan fingerprint density at radius 2 is 2.17 bits per heavy atom. The van der Waals surface area contributed by atoms with E-state index in [0.717, 1.165) is 12.8 Å². The predicted molar refractivity (Wildman–Crippen MR) is 89.9 cm³/mol. The van der Waals surface area contributed by atoms with Gasteiger partial charge in [0.15, 0.2) is 10.9 Å². The summed E-state index contributed by atoms with van der Waals surface area (Å²) in [5.41, 5.74) is 10.9. The van der Waals surface area contributed by atoms with Gasteiger partial charge in [0.25, 0.3) is 0 Å². The molecule has 0 aliphatic heterocycles. The quantitative estimate of drug-likeness (QED) is 0.294. The maximum Gasteiger partial charge on any atom is 0.217 e. The summed E-state index contributed by atoms with van der Waals surface area (Å²) in [6.45, 7) is 5.38. The highest BCUT2D eigenvalue weighted by molar-refractivity contribution is 7.89. The van der Waals surface area contributed by atoms with Crippen molar-refractivity contribution in [2.24, 2.45) is 16.5 Å². The second-order valence-corrected chi connectivity index (χ2v) is 6.50. The third-order valence-corrected chi connectivity index (χ3v) is 4.45. The van der Waals surface area contributed by atoms with Crippen molar-refractivity contribution in [1.29, 1.82) is 0 Å². The van der Waals surface area contributed by atoms with E-state index in [4.69, 9.17) is 16.2 Å². The zero-order chi connectivity index (χ0) is 17.6. The van der Waals surface area contributed by atoms with E-state index in [0.29, 0.717) is 0 Å². The molecule has 1 amide bonds. The molecule has 0 aromatic rings. The largest absolute Gasteiger partial charge is 0.581 e. The topological polar surface area (TPSA) is 146 Å². The van der Waals surface area contributed by atoms with Gasteiger partial charge in [-0.25, -0.2) is 4.99 Å². The van der Waals surface area contributed by atoms with Crippen LogP contribution in [0.3, 0.4) is 0 Å². The van der Waals surface area contributed by atoms with Gasteiger partial charge < -0.3 is 26.1 Å². The van der Waals surface area contributed by atoms with E-state index >= 15 is 0 Å². The lowest BCUT2D eigenvalue weighted by Gasteiger charge is -2.35. The highest BCUT2D eigenvalue weighted by Crippen LogP contribution is 2.28. The summed E-state index contributed by atoms with van der Waals surface area (Å²) in [4.78, 5) is 15.9. The van der Waals surface area contributed by atoms with Crippen molar-refractivity contribution in [3.63, 3.8) is 0 Å². The fourth-order valence-electron chi connectivity index (χ4n) is 2.59. The molecular formula is C14H26N4O4S. The first-order valence-corrected chi connectivity index (χ1v) is 8.71. The summed E-state index contributed by atoms with van der Waals surface area (Å²) in [6.07, 6.45) is 2.74. The molecule has 0 bridgehead atoms. The van der Waals surface area contributed by atoms with Crippen molar-refractivity contribution in [3.05, 3.63) is 11.0 Å². The fraction of sp³-hybridized carbons (Fsp3) is 0.714. The first-order valence-electron chi connectivity index (χ1n) is 7.61. The van der Waals surface area contributed by atoms with Gasteiger partial charge >= 0.3 is 0 Å². The molecule has 0 saturated heterocycles. The number of rotatable bonds is 7. The van der Waals surface area contributed by atoms with E-state index in [2.05, 4.69) is 10.3 Å². The average molecular weight is 346 g/mol. The van der Waals surface area contributed by atoms with Crippen molar-refractivity contribution < 1.29 is 18.6 Å². The Hall–Kier alpha value is -1.29. The van der Waals surface area contributed by atoms with Crippen LogP contribution in [-0.4, -0.2) is 45.3 Å². The maximum absolute atomic E-state index is 11.5. The molecule has 9 heteroatoms. The van der Waals surface area contributed by atoms with Gasteiger partial charge in [0.1, 0.15) is 17.6 Å². The Bertz CT molecular complexity index is 462. The molecule has 0 fully saturated rings. The smallest absolute Gasteiger partial charge is 0.217 e. The molecule has 1 unspecified atom stereocenters. The second-order valence-electron chi connectivity index (χ2n) is 5.47. The van der Waals surface area contributed by atoms with Crippen LogP contribution in [0.25, 0.3) is 0 Å².